The van der Waals surface area contributed by atoms with Crippen LogP contribution in [0.15, 0.2) is 11.1 Å². The third-order valence-electron chi connectivity index (χ3n) is 2.15. The number of aromatic nitrogens is 2. The summed E-state index contributed by atoms with van der Waals surface area (Å²) in [5, 5.41) is 3.83. The van der Waals surface area contributed by atoms with Gasteiger partial charge in [-0.1, -0.05) is 0 Å². The smallest absolute Gasteiger partial charge is 0.245 e. The Balaban J connectivity index is 2.68. The first kappa shape index (κ1) is 15.9. The summed E-state index contributed by atoms with van der Waals surface area (Å²) in [5.74, 6) is -0.0922. The van der Waals surface area contributed by atoms with E-state index in [0.29, 0.717) is 6.54 Å². The summed E-state index contributed by atoms with van der Waals surface area (Å²) in [4.78, 5) is -0.117. The van der Waals surface area contributed by atoms with E-state index in [1.165, 1.54) is 10.9 Å². The first-order valence-corrected chi connectivity index (χ1v) is 8.80. The second-order valence-corrected chi connectivity index (χ2v) is 7.37. The van der Waals surface area contributed by atoms with Gasteiger partial charge in [0.2, 0.25) is 20.0 Å². The van der Waals surface area contributed by atoms with Gasteiger partial charge in [0.05, 0.1) is 6.26 Å². The molecule has 0 aromatic carbocycles. The highest BCUT2D eigenvalue weighted by atomic mass is 32.2. The molecule has 0 aliphatic rings. The molecule has 110 valence electrons. The lowest BCUT2D eigenvalue weighted by molar-refractivity contribution is 0.573. The summed E-state index contributed by atoms with van der Waals surface area (Å²) in [6.45, 7) is 2.17. The van der Waals surface area contributed by atoms with Gasteiger partial charge in [0.15, 0.2) is 5.82 Å². The molecular formula is C8H17N5O4S2. The normalized spacial score (nSPS) is 12.7. The molecule has 0 amide bonds. The van der Waals surface area contributed by atoms with E-state index < -0.39 is 20.0 Å². The van der Waals surface area contributed by atoms with Crippen molar-refractivity contribution in [2.45, 2.75) is 18.4 Å². The van der Waals surface area contributed by atoms with Crippen LogP contribution in [0.25, 0.3) is 0 Å². The average Bonchev–Trinajstić information content (AvgIpc) is 2.66. The summed E-state index contributed by atoms with van der Waals surface area (Å²) < 4.78 is 51.2. The van der Waals surface area contributed by atoms with Crippen molar-refractivity contribution in [1.29, 1.82) is 0 Å². The SMILES string of the molecule is CCn1cc(S(=O)(=O)NCCNS(C)(=O)=O)c(N)n1. The van der Waals surface area contributed by atoms with E-state index in [9.17, 15) is 16.8 Å². The van der Waals surface area contributed by atoms with Crippen LogP contribution < -0.4 is 15.2 Å². The summed E-state index contributed by atoms with van der Waals surface area (Å²) >= 11 is 0. The van der Waals surface area contributed by atoms with Crippen molar-refractivity contribution in [2.75, 3.05) is 25.1 Å². The van der Waals surface area contributed by atoms with Gasteiger partial charge < -0.3 is 5.73 Å². The molecule has 19 heavy (non-hydrogen) atoms. The van der Waals surface area contributed by atoms with Crippen LogP contribution in [0.1, 0.15) is 6.92 Å². The Morgan fingerprint density at radius 2 is 1.84 bits per heavy atom. The van der Waals surface area contributed by atoms with Gasteiger partial charge >= 0.3 is 0 Å². The summed E-state index contributed by atoms with van der Waals surface area (Å²) in [6, 6.07) is 0. The molecule has 0 aliphatic carbocycles. The first-order chi connectivity index (χ1) is 8.65. The zero-order valence-corrected chi connectivity index (χ0v) is 12.3. The number of hydrogen-bond donors (Lipinski definition) is 3. The molecule has 0 fully saturated rings. The van der Waals surface area contributed by atoms with Crippen molar-refractivity contribution in [1.82, 2.24) is 19.2 Å². The lowest BCUT2D eigenvalue weighted by Crippen LogP contribution is -2.34. The number of hydrogen-bond acceptors (Lipinski definition) is 6. The van der Waals surface area contributed by atoms with E-state index in [-0.39, 0.29) is 23.8 Å². The number of sulfonamides is 2. The second kappa shape index (κ2) is 5.86. The van der Waals surface area contributed by atoms with E-state index in [1.54, 1.807) is 6.92 Å². The number of nitrogens with two attached hydrogens (primary N) is 1. The fourth-order valence-corrected chi connectivity index (χ4v) is 2.86. The van der Waals surface area contributed by atoms with Crippen LogP contribution >= 0.6 is 0 Å². The van der Waals surface area contributed by atoms with Gasteiger partial charge in [-0.05, 0) is 6.92 Å². The predicted octanol–water partition coefficient (Wildman–Crippen LogP) is -1.69. The van der Waals surface area contributed by atoms with Crippen molar-refractivity contribution in [3.8, 4) is 0 Å². The van der Waals surface area contributed by atoms with E-state index in [0.717, 1.165) is 6.26 Å². The Bertz CT molecular complexity index is 634. The standard InChI is InChI=1S/C8H17N5O4S2/c1-3-13-6-7(8(9)12-13)19(16,17)11-5-4-10-18(2,14)15/h6,10-11H,3-5H2,1-2H3,(H2,9,12). The van der Waals surface area contributed by atoms with Crippen LogP contribution in [0.4, 0.5) is 5.82 Å². The van der Waals surface area contributed by atoms with Crippen molar-refractivity contribution < 1.29 is 16.8 Å². The summed E-state index contributed by atoms with van der Waals surface area (Å²) in [7, 11) is -7.13. The van der Waals surface area contributed by atoms with Crippen LogP contribution in [0.2, 0.25) is 0 Å². The van der Waals surface area contributed by atoms with Crippen molar-refractivity contribution in [2.24, 2.45) is 0 Å². The van der Waals surface area contributed by atoms with Gasteiger partial charge in [0, 0.05) is 25.8 Å². The van der Waals surface area contributed by atoms with Crippen LogP contribution in [-0.2, 0) is 26.6 Å². The van der Waals surface area contributed by atoms with Gasteiger partial charge in [0.1, 0.15) is 4.90 Å². The quantitative estimate of drug-likeness (QED) is 0.514. The van der Waals surface area contributed by atoms with Crippen LogP contribution in [0, 0.1) is 0 Å². The zero-order chi connectivity index (χ0) is 14.7. The number of nitrogens with zero attached hydrogens (tertiary/aromatic N) is 2. The van der Waals surface area contributed by atoms with E-state index in [1.807, 2.05) is 0 Å². The molecule has 1 rings (SSSR count). The lowest BCUT2D eigenvalue weighted by Gasteiger charge is -2.05. The Hall–Kier alpha value is -1.17. The zero-order valence-electron chi connectivity index (χ0n) is 10.6. The number of nitrogens with one attached hydrogen (secondary N) is 2. The minimum atomic E-state index is -3.79. The first-order valence-electron chi connectivity index (χ1n) is 5.43. The van der Waals surface area contributed by atoms with Gasteiger partial charge in [-0.2, -0.15) is 5.10 Å². The Kier molecular flexibility index (Phi) is 4.90. The Labute approximate surface area is 112 Å². The van der Waals surface area contributed by atoms with Crippen LogP contribution in [-0.4, -0.2) is 46.0 Å². The molecule has 0 aliphatic heterocycles. The molecule has 0 radical (unpaired) electrons. The fourth-order valence-electron chi connectivity index (χ4n) is 1.29. The van der Waals surface area contributed by atoms with Crippen molar-refractivity contribution in [3.05, 3.63) is 6.20 Å². The molecule has 0 bridgehead atoms. The minimum Gasteiger partial charge on any atom is -0.381 e. The van der Waals surface area contributed by atoms with Gasteiger partial charge in [-0.25, -0.2) is 26.3 Å². The highest BCUT2D eigenvalue weighted by molar-refractivity contribution is 7.89. The van der Waals surface area contributed by atoms with Crippen LogP contribution in [0.5, 0.6) is 0 Å². The molecule has 0 unspecified atom stereocenters. The maximum atomic E-state index is 11.9. The highest BCUT2D eigenvalue weighted by Crippen LogP contribution is 2.15. The minimum absolute atomic E-state index is 0.0418. The Morgan fingerprint density at radius 1 is 1.26 bits per heavy atom. The second-order valence-electron chi connectivity index (χ2n) is 3.80. The molecular weight excluding hydrogens is 294 g/mol. The molecule has 4 N–H and O–H groups in total. The predicted molar refractivity (Wildman–Crippen MR) is 70.3 cm³/mol. The molecule has 1 heterocycles. The van der Waals surface area contributed by atoms with E-state index >= 15 is 0 Å². The summed E-state index contributed by atoms with van der Waals surface area (Å²) in [6.07, 6.45) is 2.31. The molecule has 9 nitrogen and oxygen atoms in total. The maximum Gasteiger partial charge on any atom is 0.245 e. The average molecular weight is 311 g/mol. The van der Waals surface area contributed by atoms with Crippen molar-refractivity contribution >= 4 is 25.9 Å². The molecule has 0 atom stereocenters. The fraction of sp³-hybridized carbons (Fsp3) is 0.625. The largest absolute Gasteiger partial charge is 0.381 e. The van der Waals surface area contributed by atoms with Gasteiger partial charge in [-0.15, -0.1) is 0 Å². The molecule has 11 heteroatoms. The van der Waals surface area contributed by atoms with Gasteiger partial charge in [0.25, 0.3) is 0 Å². The number of aryl methyl sites for hydroxylation is 1. The maximum absolute atomic E-state index is 11.9. The molecule has 1 aromatic heterocycles. The highest BCUT2D eigenvalue weighted by Gasteiger charge is 2.20. The summed E-state index contributed by atoms with van der Waals surface area (Å²) in [5.41, 5.74) is 5.51. The van der Waals surface area contributed by atoms with E-state index in [2.05, 4.69) is 14.5 Å². The number of nitrogen functional groups attached to an aromatic ring is 1. The number of anilines is 1. The Morgan fingerprint density at radius 3 is 2.32 bits per heavy atom. The van der Waals surface area contributed by atoms with Crippen LogP contribution in [0.3, 0.4) is 0 Å². The molecule has 1 aromatic rings. The van der Waals surface area contributed by atoms with E-state index in [4.69, 9.17) is 5.73 Å². The topological polar surface area (TPSA) is 136 Å². The molecule has 0 saturated carbocycles. The molecule has 0 saturated heterocycles. The monoisotopic (exact) mass is 311 g/mol. The third kappa shape index (κ3) is 4.78. The number of rotatable bonds is 7. The molecule has 0 spiro atoms. The van der Waals surface area contributed by atoms with Gasteiger partial charge in [-0.3, -0.25) is 4.68 Å². The third-order valence-corrected chi connectivity index (χ3v) is 4.36. The lowest BCUT2D eigenvalue weighted by atomic mass is 10.6. The van der Waals surface area contributed by atoms with Crippen molar-refractivity contribution in [3.63, 3.8) is 0 Å².